The molecule has 0 spiro atoms. The number of rotatable bonds is 2. The topological polar surface area (TPSA) is 137 Å². The maximum absolute atomic E-state index is 11.3. The van der Waals surface area contributed by atoms with Gasteiger partial charge in [-0.1, -0.05) is 11.6 Å². The van der Waals surface area contributed by atoms with Crippen molar-refractivity contribution in [3.63, 3.8) is 0 Å². The minimum Gasteiger partial charge on any atom is -0.370 e. The highest BCUT2D eigenvalue weighted by atomic mass is 35.5. The second-order valence-electron chi connectivity index (χ2n) is 3.39. The molecule has 0 bridgehead atoms. The van der Waals surface area contributed by atoms with Crippen LogP contribution in [0.25, 0.3) is 0 Å². The van der Waals surface area contributed by atoms with E-state index >= 15 is 0 Å². The molecule has 1 aromatic carbocycles. The molecule has 0 aromatic heterocycles. The molecule has 9 heteroatoms. The molecule has 0 saturated heterocycles. The van der Waals surface area contributed by atoms with Gasteiger partial charge in [0, 0.05) is 6.26 Å². The summed E-state index contributed by atoms with van der Waals surface area (Å²) in [5.74, 6) is -0.413. The normalized spacial score (nSPS) is 12.2. The van der Waals surface area contributed by atoms with Gasteiger partial charge in [0.25, 0.3) is 0 Å². The van der Waals surface area contributed by atoms with Crippen LogP contribution < -0.4 is 17.2 Å². The summed E-state index contributed by atoms with van der Waals surface area (Å²) in [6, 6.07) is 4.05. The van der Waals surface area contributed by atoms with E-state index in [4.69, 9.17) is 28.8 Å². The van der Waals surface area contributed by atoms with E-state index in [1.54, 1.807) is 0 Å². The van der Waals surface area contributed by atoms with Gasteiger partial charge >= 0.3 is 0 Å². The molecular formula is C9H12ClN5O2S. The van der Waals surface area contributed by atoms with Gasteiger partial charge in [0.1, 0.15) is 0 Å². The number of nitrogens with zero attached hydrogens (tertiary/aromatic N) is 2. The molecule has 6 N–H and O–H groups in total. The SMILES string of the molecule is CS(=O)(=O)c1ccc(N=C(N)N=C(N)N)c(Cl)c1. The fraction of sp³-hybridized carbons (Fsp3) is 0.111. The van der Waals surface area contributed by atoms with Crippen LogP contribution in [-0.4, -0.2) is 26.6 Å². The Hall–Kier alpha value is -1.80. The monoisotopic (exact) mass is 289 g/mol. The van der Waals surface area contributed by atoms with Crippen LogP contribution in [0, 0.1) is 0 Å². The van der Waals surface area contributed by atoms with E-state index in [0.717, 1.165) is 6.26 Å². The quantitative estimate of drug-likeness (QED) is 0.518. The first kappa shape index (κ1) is 14.3. The molecule has 1 aromatic rings. The lowest BCUT2D eigenvalue weighted by atomic mass is 10.3. The molecule has 18 heavy (non-hydrogen) atoms. The summed E-state index contributed by atoms with van der Waals surface area (Å²) in [6.07, 6.45) is 1.08. The zero-order valence-electron chi connectivity index (χ0n) is 9.46. The second-order valence-corrected chi connectivity index (χ2v) is 5.81. The number of hydrogen-bond acceptors (Lipinski definition) is 3. The number of nitrogens with two attached hydrogens (primary N) is 3. The van der Waals surface area contributed by atoms with Crippen molar-refractivity contribution in [1.29, 1.82) is 0 Å². The van der Waals surface area contributed by atoms with E-state index in [-0.39, 0.29) is 27.5 Å². The van der Waals surface area contributed by atoms with E-state index in [1.165, 1.54) is 18.2 Å². The van der Waals surface area contributed by atoms with Crippen LogP contribution in [0.3, 0.4) is 0 Å². The third-order valence-electron chi connectivity index (χ3n) is 1.83. The predicted octanol–water partition coefficient (Wildman–Crippen LogP) is -0.0369. The molecule has 0 aliphatic rings. The zero-order chi connectivity index (χ0) is 13.9. The minimum atomic E-state index is -3.32. The Morgan fingerprint density at radius 1 is 1.28 bits per heavy atom. The first-order valence-corrected chi connectivity index (χ1v) is 6.90. The number of guanidine groups is 2. The Kier molecular flexibility index (Phi) is 4.15. The van der Waals surface area contributed by atoms with Gasteiger partial charge in [-0.2, -0.15) is 4.99 Å². The maximum atomic E-state index is 11.3. The fourth-order valence-electron chi connectivity index (χ4n) is 1.09. The molecule has 0 saturated carbocycles. The molecular weight excluding hydrogens is 278 g/mol. The molecule has 0 amide bonds. The highest BCUT2D eigenvalue weighted by Crippen LogP contribution is 2.27. The Labute approximate surface area is 109 Å². The molecule has 0 heterocycles. The van der Waals surface area contributed by atoms with Crippen LogP contribution in [0.2, 0.25) is 5.02 Å². The molecule has 0 atom stereocenters. The van der Waals surface area contributed by atoms with Crippen molar-refractivity contribution in [2.24, 2.45) is 27.2 Å². The summed E-state index contributed by atoms with van der Waals surface area (Å²) in [6.45, 7) is 0. The Bertz CT molecular complexity index is 620. The maximum Gasteiger partial charge on any atom is 0.223 e. The van der Waals surface area contributed by atoms with Crippen LogP contribution >= 0.6 is 11.6 Å². The summed E-state index contributed by atoms with van der Waals surface area (Å²) >= 11 is 5.88. The third-order valence-corrected chi connectivity index (χ3v) is 3.24. The van der Waals surface area contributed by atoms with Crippen molar-refractivity contribution in [3.05, 3.63) is 23.2 Å². The standard InChI is InChI=1S/C9H12ClN5O2S/c1-18(16,17)5-2-3-7(6(10)4-5)14-9(13)15-8(11)12/h2-4H,1H3,(H6,11,12,13,14,15). The van der Waals surface area contributed by atoms with Crippen molar-refractivity contribution >= 4 is 39.0 Å². The van der Waals surface area contributed by atoms with Gasteiger partial charge in [0.2, 0.25) is 5.96 Å². The Morgan fingerprint density at radius 3 is 2.33 bits per heavy atom. The lowest BCUT2D eigenvalue weighted by molar-refractivity contribution is 0.602. The summed E-state index contributed by atoms with van der Waals surface area (Å²) in [4.78, 5) is 7.44. The van der Waals surface area contributed by atoms with Gasteiger partial charge in [-0.3, -0.25) is 0 Å². The number of halogens is 1. The molecule has 98 valence electrons. The van der Waals surface area contributed by atoms with E-state index < -0.39 is 9.84 Å². The van der Waals surface area contributed by atoms with Gasteiger partial charge in [-0.05, 0) is 18.2 Å². The van der Waals surface area contributed by atoms with Crippen LogP contribution in [0.1, 0.15) is 0 Å². The summed E-state index contributed by atoms with van der Waals surface area (Å²) in [7, 11) is -3.32. The van der Waals surface area contributed by atoms with Crippen LogP contribution in [0.15, 0.2) is 33.1 Å². The number of benzene rings is 1. The average Bonchev–Trinajstić information content (AvgIpc) is 2.18. The van der Waals surface area contributed by atoms with E-state index in [0.29, 0.717) is 0 Å². The molecule has 0 aliphatic carbocycles. The first-order valence-electron chi connectivity index (χ1n) is 4.63. The van der Waals surface area contributed by atoms with Gasteiger partial charge < -0.3 is 17.2 Å². The summed E-state index contributed by atoms with van der Waals surface area (Å²) in [5.41, 5.74) is 15.9. The van der Waals surface area contributed by atoms with Gasteiger partial charge in [-0.25, -0.2) is 13.4 Å². The largest absolute Gasteiger partial charge is 0.370 e. The lowest BCUT2D eigenvalue weighted by Crippen LogP contribution is -2.26. The van der Waals surface area contributed by atoms with E-state index in [2.05, 4.69) is 9.98 Å². The van der Waals surface area contributed by atoms with E-state index in [1.807, 2.05) is 0 Å². The fourth-order valence-corrected chi connectivity index (χ4v) is 2.02. The smallest absolute Gasteiger partial charge is 0.223 e. The summed E-state index contributed by atoms with van der Waals surface area (Å²) in [5, 5.41) is 0.131. The molecule has 0 fully saturated rings. The van der Waals surface area contributed by atoms with Crippen molar-refractivity contribution in [1.82, 2.24) is 0 Å². The molecule has 0 aliphatic heterocycles. The first-order chi connectivity index (χ1) is 8.20. The molecule has 0 radical (unpaired) electrons. The van der Waals surface area contributed by atoms with Crippen molar-refractivity contribution in [2.75, 3.05) is 6.26 Å². The van der Waals surface area contributed by atoms with Gasteiger partial charge in [0.15, 0.2) is 15.8 Å². The van der Waals surface area contributed by atoms with Crippen molar-refractivity contribution in [2.45, 2.75) is 4.90 Å². The molecule has 7 nitrogen and oxygen atoms in total. The highest BCUT2D eigenvalue weighted by molar-refractivity contribution is 7.90. The van der Waals surface area contributed by atoms with E-state index in [9.17, 15) is 8.42 Å². The van der Waals surface area contributed by atoms with Crippen LogP contribution in [-0.2, 0) is 9.84 Å². The second kappa shape index (κ2) is 5.23. The molecule has 0 unspecified atom stereocenters. The van der Waals surface area contributed by atoms with Crippen LogP contribution in [0.5, 0.6) is 0 Å². The minimum absolute atomic E-state index is 0.0897. The number of hydrogen-bond donors (Lipinski definition) is 3. The zero-order valence-corrected chi connectivity index (χ0v) is 11.0. The number of sulfone groups is 1. The molecule has 1 rings (SSSR count). The van der Waals surface area contributed by atoms with Crippen molar-refractivity contribution in [3.8, 4) is 0 Å². The van der Waals surface area contributed by atoms with Crippen LogP contribution in [0.4, 0.5) is 5.69 Å². The average molecular weight is 290 g/mol. The Balaban J connectivity index is 3.19. The lowest BCUT2D eigenvalue weighted by Gasteiger charge is -2.02. The van der Waals surface area contributed by atoms with Gasteiger partial charge in [0.05, 0.1) is 15.6 Å². The summed E-state index contributed by atoms with van der Waals surface area (Å²) < 4.78 is 22.6. The third kappa shape index (κ3) is 3.90. The number of aliphatic imine (C=N–C) groups is 2. The predicted molar refractivity (Wildman–Crippen MR) is 71.7 cm³/mol. The Morgan fingerprint density at radius 2 is 1.89 bits per heavy atom. The highest BCUT2D eigenvalue weighted by Gasteiger charge is 2.09. The van der Waals surface area contributed by atoms with Crippen molar-refractivity contribution < 1.29 is 8.42 Å². The van der Waals surface area contributed by atoms with Gasteiger partial charge in [-0.15, -0.1) is 0 Å².